The number of hydrogen-bond donors (Lipinski definition) is 1. The molecule has 0 aromatic carbocycles. The summed E-state index contributed by atoms with van der Waals surface area (Å²) in [7, 11) is 0. The third-order valence-electron chi connectivity index (χ3n) is 1.99. The molecule has 1 N–H and O–H groups in total. The van der Waals surface area contributed by atoms with Gasteiger partial charge >= 0.3 is 6.09 Å². The zero-order valence-electron chi connectivity index (χ0n) is 9.32. The van der Waals surface area contributed by atoms with Gasteiger partial charge in [-0.1, -0.05) is 0 Å². The van der Waals surface area contributed by atoms with E-state index < -0.39 is 6.09 Å². The third-order valence-corrected chi connectivity index (χ3v) is 1.99. The highest BCUT2D eigenvalue weighted by molar-refractivity contribution is 5.68. The Morgan fingerprint density at radius 2 is 2.20 bits per heavy atom. The molecule has 0 bridgehead atoms. The molecule has 6 nitrogen and oxygen atoms in total. The molecule has 0 saturated carbocycles. The molecule has 1 heterocycles. The van der Waals surface area contributed by atoms with Gasteiger partial charge in [-0.15, -0.1) is 4.91 Å². The number of amides is 1. The Morgan fingerprint density at radius 1 is 1.53 bits per heavy atom. The fourth-order valence-electron chi connectivity index (χ4n) is 1.37. The maximum absolute atomic E-state index is 11.3. The van der Waals surface area contributed by atoms with Crippen molar-refractivity contribution in [3.05, 3.63) is 4.91 Å². The van der Waals surface area contributed by atoms with Crippen LogP contribution in [-0.2, 0) is 4.74 Å². The lowest BCUT2D eigenvalue weighted by atomic mass is 10.1. The summed E-state index contributed by atoms with van der Waals surface area (Å²) in [6.45, 7) is 6.57. The quantitative estimate of drug-likeness (QED) is 0.704. The second-order valence-corrected chi connectivity index (χ2v) is 4.69. The molecule has 0 spiro atoms. The number of hydrogen-bond acceptors (Lipinski definition) is 4. The highest BCUT2D eigenvalue weighted by atomic mass is 16.6. The monoisotopic (exact) mass is 215 g/mol. The van der Waals surface area contributed by atoms with Gasteiger partial charge in [-0.2, -0.15) is 0 Å². The molecule has 1 fully saturated rings. The van der Waals surface area contributed by atoms with E-state index in [1.807, 2.05) is 20.8 Å². The number of carbonyl (C=O) groups excluding carboxylic acids is 1. The van der Waals surface area contributed by atoms with Crippen molar-refractivity contribution in [2.24, 2.45) is 5.29 Å². The second-order valence-electron chi connectivity index (χ2n) is 4.69. The normalized spacial score (nSPS) is 21.3. The van der Waals surface area contributed by atoms with Gasteiger partial charge in [-0.3, -0.25) is 5.01 Å². The van der Waals surface area contributed by atoms with Crippen LogP contribution in [0.15, 0.2) is 5.29 Å². The Hall–Kier alpha value is -1.33. The molecule has 86 valence electrons. The van der Waals surface area contributed by atoms with Gasteiger partial charge in [0, 0.05) is 18.5 Å². The van der Waals surface area contributed by atoms with Crippen molar-refractivity contribution in [1.29, 1.82) is 0 Å². The summed E-state index contributed by atoms with van der Waals surface area (Å²) in [5.74, 6) is 0. The van der Waals surface area contributed by atoms with Crippen molar-refractivity contribution >= 4 is 6.09 Å². The van der Waals surface area contributed by atoms with Crippen LogP contribution in [0.5, 0.6) is 0 Å². The minimum atomic E-state index is -0.444. The maximum atomic E-state index is 11.3. The smallest absolute Gasteiger partial charge is 0.407 e. The molecular formula is C9H17N3O3. The van der Waals surface area contributed by atoms with Crippen molar-refractivity contribution in [2.45, 2.75) is 38.8 Å². The standard InChI is InChI=1S/C9H17N3O3/c1-9(2,3)10-8(13)15-7-4-5-12(6-7)11-14/h7H,4-6H2,1-3H3,(H,10,13). The molecule has 0 aromatic rings. The Bertz CT molecular complexity index is 249. The average Bonchev–Trinajstić information content (AvgIpc) is 2.48. The molecule has 0 aliphatic carbocycles. The zero-order chi connectivity index (χ0) is 11.5. The van der Waals surface area contributed by atoms with Gasteiger partial charge in [-0.05, 0) is 20.8 Å². The molecular weight excluding hydrogens is 198 g/mol. The first-order chi connectivity index (χ1) is 6.90. The zero-order valence-corrected chi connectivity index (χ0v) is 9.32. The molecule has 1 rings (SSSR count). The van der Waals surface area contributed by atoms with Gasteiger partial charge in [0.15, 0.2) is 0 Å². The summed E-state index contributed by atoms with van der Waals surface area (Å²) in [4.78, 5) is 21.5. The van der Waals surface area contributed by atoms with Crippen molar-refractivity contribution < 1.29 is 9.53 Å². The van der Waals surface area contributed by atoms with Crippen LogP contribution in [0, 0.1) is 4.91 Å². The number of nitrogens with one attached hydrogen (secondary N) is 1. The largest absolute Gasteiger partial charge is 0.444 e. The van der Waals surface area contributed by atoms with Crippen LogP contribution >= 0.6 is 0 Å². The molecule has 6 heteroatoms. The molecule has 1 atom stereocenters. The van der Waals surface area contributed by atoms with Gasteiger partial charge in [0.25, 0.3) is 0 Å². The first kappa shape index (κ1) is 11.7. The predicted octanol–water partition coefficient (Wildman–Crippen LogP) is 1.27. The number of rotatable bonds is 2. The average molecular weight is 215 g/mol. The summed E-state index contributed by atoms with van der Waals surface area (Å²) in [5, 5.41) is 6.84. The number of nitroso groups, excluding NO2 is 1. The number of carbonyl (C=O) groups is 1. The maximum Gasteiger partial charge on any atom is 0.407 e. The second kappa shape index (κ2) is 4.46. The van der Waals surface area contributed by atoms with Crippen molar-refractivity contribution in [1.82, 2.24) is 10.3 Å². The molecule has 1 aliphatic heterocycles. The van der Waals surface area contributed by atoms with Gasteiger partial charge in [0.2, 0.25) is 0 Å². The van der Waals surface area contributed by atoms with Crippen LogP contribution in [0.25, 0.3) is 0 Å². The summed E-state index contributed by atoms with van der Waals surface area (Å²) in [5.41, 5.74) is -0.307. The molecule has 1 saturated heterocycles. The van der Waals surface area contributed by atoms with E-state index in [1.54, 1.807) is 0 Å². The van der Waals surface area contributed by atoms with Gasteiger partial charge in [0.1, 0.15) is 6.10 Å². The molecule has 1 unspecified atom stereocenters. The Morgan fingerprint density at radius 3 is 2.67 bits per heavy atom. The van der Waals surface area contributed by atoms with Gasteiger partial charge in [0.05, 0.1) is 11.8 Å². The summed E-state index contributed by atoms with van der Waals surface area (Å²) < 4.78 is 5.13. The topological polar surface area (TPSA) is 71.0 Å². The van der Waals surface area contributed by atoms with Crippen LogP contribution in [0.4, 0.5) is 4.79 Å². The number of ether oxygens (including phenoxy) is 1. The minimum absolute atomic E-state index is 0.231. The SMILES string of the molecule is CC(C)(C)NC(=O)OC1CCN(N=O)C1. The van der Waals surface area contributed by atoms with E-state index in [4.69, 9.17) is 4.74 Å². The lowest BCUT2D eigenvalue weighted by Crippen LogP contribution is -2.42. The number of alkyl carbamates (subject to hydrolysis) is 1. The van der Waals surface area contributed by atoms with Crippen molar-refractivity contribution in [2.75, 3.05) is 13.1 Å². The summed E-state index contributed by atoms with van der Waals surface area (Å²) in [6.07, 6.45) is -0.0196. The van der Waals surface area contributed by atoms with E-state index in [1.165, 1.54) is 5.01 Å². The van der Waals surface area contributed by atoms with Crippen LogP contribution < -0.4 is 5.32 Å². The van der Waals surface area contributed by atoms with Crippen LogP contribution in [0.3, 0.4) is 0 Å². The number of nitrogens with zero attached hydrogens (tertiary/aromatic N) is 2. The van der Waals surface area contributed by atoms with Crippen molar-refractivity contribution in [3.8, 4) is 0 Å². The Labute approximate surface area is 88.9 Å². The third kappa shape index (κ3) is 4.14. The highest BCUT2D eigenvalue weighted by Gasteiger charge is 2.26. The highest BCUT2D eigenvalue weighted by Crippen LogP contribution is 2.13. The molecule has 1 aliphatic rings. The molecule has 1 amide bonds. The lowest BCUT2D eigenvalue weighted by molar-refractivity contribution is 0.0943. The fraction of sp³-hybridized carbons (Fsp3) is 0.889. The Balaban J connectivity index is 2.31. The Kier molecular flexibility index (Phi) is 3.49. The van der Waals surface area contributed by atoms with E-state index in [-0.39, 0.29) is 11.6 Å². The molecule has 15 heavy (non-hydrogen) atoms. The minimum Gasteiger partial charge on any atom is -0.444 e. The summed E-state index contributed by atoms with van der Waals surface area (Å²) in [6, 6.07) is 0. The van der Waals surface area contributed by atoms with E-state index in [0.717, 1.165) is 0 Å². The lowest BCUT2D eigenvalue weighted by Gasteiger charge is -2.21. The van der Waals surface area contributed by atoms with Crippen molar-refractivity contribution in [3.63, 3.8) is 0 Å². The van der Waals surface area contributed by atoms with Crippen LogP contribution in [0.2, 0.25) is 0 Å². The first-order valence-electron chi connectivity index (χ1n) is 4.98. The van der Waals surface area contributed by atoms with E-state index in [9.17, 15) is 9.70 Å². The summed E-state index contributed by atoms with van der Waals surface area (Å²) >= 11 is 0. The van der Waals surface area contributed by atoms with E-state index >= 15 is 0 Å². The van der Waals surface area contributed by atoms with Crippen LogP contribution in [-0.4, -0.2) is 35.8 Å². The van der Waals surface area contributed by atoms with Gasteiger partial charge in [-0.25, -0.2) is 4.79 Å². The fourth-order valence-corrected chi connectivity index (χ4v) is 1.37. The van der Waals surface area contributed by atoms with E-state index in [2.05, 4.69) is 10.6 Å². The van der Waals surface area contributed by atoms with Crippen LogP contribution in [0.1, 0.15) is 27.2 Å². The predicted molar refractivity (Wildman–Crippen MR) is 55.1 cm³/mol. The molecule has 0 aromatic heterocycles. The first-order valence-corrected chi connectivity index (χ1v) is 4.98. The molecule has 0 radical (unpaired) electrons. The van der Waals surface area contributed by atoms with Gasteiger partial charge < -0.3 is 10.1 Å². The van der Waals surface area contributed by atoms with E-state index in [0.29, 0.717) is 19.5 Å².